The topological polar surface area (TPSA) is 49.6 Å². The summed E-state index contributed by atoms with van der Waals surface area (Å²) in [5.74, 6) is 0.487. The van der Waals surface area contributed by atoms with Crippen molar-refractivity contribution in [3.8, 4) is 0 Å². The van der Waals surface area contributed by atoms with E-state index in [4.69, 9.17) is 4.52 Å². The summed E-state index contributed by atoms with van der Waals surface area (Å²) in [6.45, 7) is 5.95. The first kappa shape index (κ1) is 18.3. The zero-order valence-corrected chi connectivity index (χ0v) is 15.0. The molecule has 1 aromatic heterocycles. The van der Waals surface area contributed by atoms with Gasteiger partial charge in [0.05, 0.1) is 12.1 Å². The SMILES string of the molecule is Cc1cc(CC(=O)N2CCCN(CC=Cc3ccc(F)cc3)CC2)on1. The highest BCUT2D eigenvalue weighted by Crippen LogP contribution is 2.10. The summed E-state index contributed by atoms with van der Waals surface area (Å²) >= 11 is 0. The Morgan fingerprint density at radius 1 is 1.23 bits per heavy atom. The molecule has 0 saturated carbocycles. The minimum atomic E-state index is -0.222. The number of hydrogen-bond acceptors (Lipinski definition) is 4. The fraction of sp³-hybridized carbons (Fsp3) is 0.400. The number of rotatable bonds is 5. The molecule has 0 N–H and O–H groups in total. The predicted octanol–water partition coefficient (Wildman–Crippen LogP) is 2.91. The van der Waals surface area contributed by atoms with E-state index in [0.29, 0.717) is 5.76 Å². The summed E-state index contributed by atoms with van der Waals surface area (Å²) < 4.78 is 18.1. The van der Waals surface area contributed by atoms with Gasteiger partial charge in [0.15, 0.2) is 0 Å². The maximum absolute atomic E-state index is 12.9. The van der Waals surface area contributed by atoms with Gasteiger partial charge in [-0.3, -0.25) is 9.69 Å². The van der Waals surface area contributed by atoms with Crippen LogP contribution in [0.3, 0.4) is 0 Å². The molecule has 0 bridgehead atoms. The van der Waals surface area contributed by atoms with Crippen LogP contribution in [0.5, 0.6) is 0 Å². The van der Waals surface area contributed by atoms with Crippen molar-refractivity contribution in [2.24, 2.45) is 0 Å². The first-order valence-corrected chi connectivity index (χ1v) is 8.94. The lowest BCUT2D eigenvalue weighted by molar-refractivity contribution is -0.130. The molecule has 3 rings (SSSR count). The number of aryl methyl sites for hydroxylation is 1. The number of aromatic nitrogens is 1. The monoisotopic (exact) mass is 357 g/mol. The van der Waals surface area contributed by atoms with E-state index in [9.17, 15) is 9.18 Å². The van der Waals surface area contributed by atoms with Gasteiger partial charge in [-0.1, -0.05) is 29.4 Å². The van der Waals surface area contributed by atoms with E-state index in [1.807, 2.05) is 24.0 Å². The van der Waals surface area contributed by atoms with E-state index in [1.54, 1.807) is 12.1 Å². The van der Waals surface area contributed by atoms with Gasteiger partial charge in [0.2, 0.25) is 5.91 Å². The molecule has 6 heteroatoms. The van der Waals surface area contributed by atoms with Crippen LogP contribution in [-0.4, -0.2) is 53.6 Å². The Morgan fingerprint density at radius 3 is 2.77 bits per heavy atom. The van der Waals surface area contributed by atoms with Crippen LogP contribution >= 0.6 is 0 Å². The summed E-state index contributed by atoms with van der Waals surface area (Å²) in [6, 6.07) is 8.26. The zero-order chi connectivity index (χ0) is 18.4. The van der Waals surface area contributed by atoms with Crippen molar-refractivity contribution in [3.63, 3.8) is 0 Å². The number of carbonyl (C=O) groups is 1. The second kappa shape index (κ2) is 8.76. The van der Waals surface area contributed by atoms with Crippen molar-refractivity contribution in [1.82, 2.24) is 15.0 Å². The van der Waals surface area contributed by atoms with Crippen LogP contribution in [0.15, 0.2) is 40.9 Å². The molecule has 26 heavy (non-hydrogen) atoms. The molecule has 0 unspecified atom stereocenters. The average molecular weight is 357 g/mol. The highest BCUT2D eigenvalue weighted by molar-refractivity contribution is 5.78. The molecule has 1 fully saturated rings. The Kier molecular flexibility index (Phi) is 6.17. The Hall–Kier alpha value is -2.47. The molecule has 1 amide bonds. The number of benzene rings is 1. The summed E-state index contributed by atoms with van der Waals surface area (Å²) in [4.78, 5) is 16.7. The quantitative estimate of drug-likeness (QED) is 0.826. The Bertz CT molecular complexity index is 755. The van der Waals surface area contributed by atoms with E-state index >= 15 is 0 Å². The average Bonchev–Trinajstić information content (AvgIpc) is 2.89. The van der Waals surface area contributed by atoms with Gasteiger partial charge in [0.1, 0.15) is 11.6 Å². The van der Waals surface area contributed by atoms with Crippen LogP contribution in [-0.2, 0) is 11.2 Å². The largest absolute Gasteiger partial charge is 0.361 e. The smallest absolute Gasteiger partial charge is 0.230 e. The maximum Gasteiger partial charge on any atom is 0.230 e. The van der Waals surface area contributed by atoms with Gasteiger partial charge >= 0.3 is 0 Å². The molecule has 1 aromatic carbocycles. The number of nitrogens with zero attached hydrogens (tertiary/aromatic N) is 3. The number of hydrogen-bond donors (Lipinski definition) is 0. The Labute approximate surface area is 153 Å². The molecule has 0 aliphatic carbocycles. The lowest BCUT2D eigenvalue weighted by Gasteiger charge is -2.20. The third kappa shape index (κ3) is 5.26. The van der Waals surface area contributed by atoms with Crippen molar-refractivity contribution < 1.29 is 13.7 Å². The van der Waals surface area contributed by atoms with Crippen LogP contribution in [0.4, 0.5) is 4.39 Å². The summed E-state index contributed by atoms with van der Waals surface area (Å²) in [7, 11) is 0. The fourth-order valence-corrected chi connectivity index (χ4v) is 3.08. The molecular formula is C20H24FN3O2. The first-order valence-electron chi connectivity index (χ1n) is 8.94. The van der Waals surface area contributed by atoms with Crippen molar-refractivity contribution in [2.75, 3.05) is 32.7 Å². The highest BCUT2D eigenvalue weighted by atomic mass is 19.1. The standard InChI is InChI=1S/C20H24FN3O2/c1-16-14-19(26-22-16)15-20(25)24-11-3-10-23(12-13-24)9-2-4-17-5-7-18(21)8-6-17/h2,4-8,14H,3,9-13,15H2,1H3. The summed E-state index contributed by atoms with van der Waals surface area (Å²) in [5.41, 5.74) is 1.78. The normalized spacial score (nSPS) is 16.2. The molecular weight excluding hydrogens is 333 g/mol. The van der Waals surface area contributed by atoms with Crippen molar-refractivity contribution >= 4 is 12.0 Å². The van der Waals surface area contributed by atoms with Crippen LogP contribution in [0.2, 0.25) is 0 Å². The molecule has 0 atom stereocenters. The van der Waals surface area contributed by atoms with Gasteiger partial charge in [0, 0.05) is 38.8 Å². The van der Waals surface area contributed by atoms with Crippen molar-refractivity contribution in [1.29, 1.82) is 0 Å². The Balaban J connectivity index is 1.46. The van der Waals surface area contributed by atoms with Gasteiger partial charge in [-0.2, -0.15) is 0 Å². The number of carbonyl (C=O) groups excluding carboxylic acids is 1. The third-order valence-electron chi connectivity index (χ3n) is 4.49. The second-order valence-corrected chi connectivity index (χ2v) is 6.60. The molecule has 2 aromatic rings. The molecule has 1 aliphatic rings. The highest BCUT2D eigenvalue weighted by Gasteiger charge is 2.20. The van der Waals surface area contributed by atoms with Crippen LogP contribution in [0, 0.1) is 12.7 Å². The predicted molar refractivity (Wildman–Crippen MR) is 98.0 cm³/mol. The molecule has 1 aliphatic heterocycles. The minimum Gasteiger partial charge on any atom is -0.361 e. The van der Waals surface area contributed by atoms with E-state index in [1.165, 1.54) is 12.1 Å². The van der Waals surface area contributed by atoms with E-state index in [0.717, 1.165) is 50.4 Å². The van der Waals surface area contributed by atoms with Gasteiger partial charge in [-0.05, 0) is 31.0 Å². The lowest BCUT2D eigenvalue weighted by atomic mass is 10.2. The van der Waals surface area contributed by atoms with Crippen LogP contribution in [0.1, 0.15) is 23.4 Å². The molecule has 1 saturated heterocycles. The van der Waals surface area contributed by atoms with Gasteiger partial charge < -0.3 is 9.42 Å². The zero-order valence-electron chi connectivity index (χ0n) is 15.0. The molecule has 0 radical (unpaired) electrons. The number of halogens is 1. The van der Waals surface area contributed by atoms with Crippen LogP contribution in [0.25, 0.3) is 6.08 Å². The molecule has 0 spiro atoms. The van der Waals surface area contributed by atoms with Gasteiger partial charge in [-0.15, -0.1) is 0 Å². The van der Waals surface area contributed by atoms with E-state index in [-0.39, 0.29) is 18.1 Å². The van der Waals surface area contributed by atoms with Crippen LogP contribution < -0.4 is 0 Å². The van der Waals surface area contributed by atoms with Gasteiger partial charge in [0.25, 0.3) is 0 Å². The first-order chi connectivity index (χ1) is 12.6. The van der Waals surface area contributed by atoms with Crippen molar-refractivity contribution in [3.05, 3.63) is 59.2 Å². The second-order valence-electron chi connectivity index (χ2n) is 6.60. The minimum absolute atomic E-state index is 0.0878. The molecule has 138 valence electrons. The molecule has 5 nitrogen and oxygen atoms in total. The molecule has 2 heterocycles. The lowest BCUT2D eigenvalue weighted by Crippen LogP contribution is -2.36. The third-order valence-corrected chi connectivity index (χ3v) is 4.49. The Morgan fingerprint density at radius 2 is 2.04 bits per heavy atom. The summed E-state index contributed by atoms with van der Waals surface area (Å²) in [5, 5.41) is 3.83. The van der Waals surface area contributed by atoms with Crippen molar-refractivity contribution in [2.45, 2.75) is 19.8 Å². The summed E-state index contributed by atoms with van der Waals surface area (Å²) in [6.07, 6.45) is 5.30. The van der Waals surface area contributed by atoms with E-state index in [2.05, 4.69) is 16.1 Å². The van der Waals surface area contributed by atoms with Gasteiger partial charge in [-0.25, -0.2) is 4.39 Å². The maximum atomic E-state index is 12.9. The van der Waals surface area contributed by atoms with E-state index < -0.39 is 0 Å². The number of amides is 1. The fourth-order valence-electron chi connectivity index (χ4n) is 3.08.